The van der Waals surface area contributed by atoms with Crippen LogP contribution in [0.2, 0.25) is 0 Å². The molecule has 0 amide bonds. The van der Waals surface area contributed by atoms with E-state index in [9.17, 15) is 0 Å². The predicted molar refractivity (Wildman–Crippen MR) is 69.0 cm³/mol. The first kappa shape index (κ1) is 11.3. The van der Waals surface area contributed by atoms with E-state index in [0.717, 1.165) is 18.5 Å². The summed E-state index contributed by atoms with van der Waals surface area (Å²) in [6.45, 7) is 4.56. The van der Waals surface area contributed by atoms with E-state index in [0.29, 0.717) is 5.92 Å². The van der Waals surface area contributed by atoms with E-state index in [2.05, 4.69) is 28.0 Å². The van der Waals surface area contributed by atoms with Crippen LogP contribution in [0.5, 0.6) is 0 Å². The van der Waals surface area contributed by atoms with Crippen molar-refractivity contribution in [1.29, 1.82) is 0 Å². The third-order valence-corrected chi connectivity index (χ3v) is 4.21. The molecule has 2 fully saturated rings. The summed E-state index contributed by atoms with van der Waals surface area (Å²) < 4.78 is 2.36. The Morgan fingerprint density at radius 3 is 2.88 bits per heavy atom. The van der Waals surface area contributed by atoms with Gasteiger partial charge in [-0.2, -0.15) is 0 Å². The van der Waals surface area contributed by atoms with Crippen molar-refractivity contribution >= 4 is 0 Å². The smallest absolute Gasteiger partial charge is 0.112 e. The highest BCUT2D eigenvalue weighted by Gasteiger charge is 2.35. The van der Waals surface area contributed by atoms with Gasteiger partial charge in [0.1, 0.15) is 5.82 Å². The van der Waals surface area contributed by atoms with Crippen LogP contribution in [0.3, 0.4) is 0 Å². The van der Waals surface area contributed by atoms with Crippen molar-refractivity contribution in [3.05, 3.63) is 18.2 Å². The first-order valence-corrected chi connectivity index (χ1v) is 7.13. The molecule has 1 aromatic heterocycles. The van der Waals surface area contributed by atoms with Crippen LogP contribution >= 0.6 is 0 Å². The molecule has 0 aliphatic heterocycles. The minimum Gasteiger partial charge on any atom is -0.335 e. The Bertz CT molecular complexity index is 367. The van der Waals surface area contributed by atoms with Gasteiger partial charge in [-0.05, 0) is 44.6 Å². The van der Waals surface area contributed by atoms with Crippen LogP contribution in [0.1, 0.15) is 50.8 Å². The van der Waals surface area contributed by atoms with Crippen LogP contribution in [-0.4, -0.2) is 22.1 Å². The Kier molecular flexibility index (Phi) is 3.19. The van der Waals surface area contributed by atoms with Gasteiger partial charge in [-0.25, -0.2) is 4.98 Å². The molecule has 0 spiro atoms. The summed E-state index contributed by atoms with van der Waals surface area (Å²) in [5.74, 6) is 2.87. The first-order chi connectivity index (χ1) is 8.38. The van der Waals surface area contributed by atoms with Crippen molar-refractivity contribution in [1.82, 2.24) is 14.9 Å². The molecule has 2 aliphatic rings. The van der Waals surface area contributed by atoms with Gasteiger partial charge in [0.2, 0.25) is 0 Å². The number of aryl methyl sites for hydroxylation is 1. The van der Waals surface area contributed by atoms with E-state index in [1.54, 1.807) is 0 Å². The lowest BCUT2D eigenvalue weighted by atomic mass is 9.73. The van der Waals surface area contributed by atoms with E-state index in [4.69, 9.17) is 0 Å². The van der Waals surface area contributed by atoms with Gasteiger partial charge in [-0.3, -0.25) is 0 Å². The normalized spacial score (nSPS) is 28.1. The SMILES string of the molecule is CCCn1ccnc1C1CCC1CNC1CC1. The second kappa shape index (κ2) is 4.81. The molecule has 0 radical (unpaired) electrons. The topological polar surface area (TPSA) is 29.9 Å². The van der Waals surface area contributed by atoms with E-state index in [1.165, 1.54) is 44.5 Å². The van der Waals surface area contributed by atoms with Crippen molar-refractivity contribution in [3.8, 4) is 0 Å². The highest BCUT2D eigenvalue weighted by atomic mass is 15.1. The van der Waals surface area contributed by atoms with Crippen LogP contribution in [-0.2, 0) is 6.54 Å². The van der Waals surface area contributed by atoms with Crippen molar-refractivity contribution in [3.63, 3.8) is 0 Å². The minimum atomic E-state index is 0.711. The number of hydrogen-bond donors (Lipinski definition) is 1. The highest BCUT2D eigenvalue weighted by molar-refractivity contribution is 5.08. The van der Waals surface area contributed by atoms with E-state index in [1.807, 2.05) is 6.20 Å². The second-order valence-electron chi connectivity index (χ2n) is 5.61. The lowest BCUT2D eigenvalue weighted by molar-refractivity contribution is 0.230. The number of imidazole rings is 1. The summed E-state index contributed by atoms with van der Waals surface area (Å²) in [5, 5.41) is 3.66. The molecular weight excluding hydrogens is 210 g/mol. The van der Waals surface area contributed by atoms with Gasteiger partial charge in [0.25, 0.3) is 0 Å². The standard InChI is InChI=1S/C14H23N3/c1-2-8-17-9-7-15-14(17)13-6-3-11(13)10-16-12-4-5-12/h7,9,11-13,16H,2-6,8,10H2,1H3. The Labute approximate surface area is 104 Å². The fourth-order valence-electron chi connectivity index (χ4n) is 2.84. The molecule has 0 bridgehead atoms. The Hall–Kier alpha value is -0.830. The fraction of sp³-hybridized carbons (Fsp3) is 0.786. The first-order valence-electron chi connectivity index (χ1n) is 7.13. The molecule has 2 unspecified atom stereocenters. The summed E-state index contributed by atoms with van der Waals surface area (Å²) in [4.78, 5) is 4.58. The van der Waals surface area contributed by atoms with Crippen molar-refractivity contribution in [2.24, 2.45) is 5.92 Å². The number of nitrogens with one attached hydrogen (secondary N) is 1. The molecular formula is C14H23N3. The molecule has 3 rings (SSSR count). The van der Waals surface area contributed by atoms with Gasteiger partial charge in [0.15, 0.2) is 0 Å². The van der Waals surface area contributed by atoms with Crippen LogP contribution in [0.4, 0.5) is 0 Å². The Balaban J connectivity index is 1.60. The van der Waals surface area contributed by atoms with Crippen LogP contribution in [0.25, 0.3) is 0 Å². The molecule has 94 valence electrons. The van der Waals surface area contributed by atoms with E-state index >= 15 is 0 Å². The van der Waals surface area contributed by atoms with Crippen LogP contribution in [0.15, 0.2) is 12.4 Å². The summed E-state index contributed by atoms with van der Waals surface area (Å²) in [6, 6.07) is 0.839. The average Bonchev–Trinajstić information content (AvgIpc) is 3.01. The number of aromatic nitrogens is 2. The third kappa shape index (κ3) is 2.39. The number of nitrogens with zero attached hydrogens (tertiary/aromatic N) is 2. The molecule has 0 aromatic carbocycles. The maximum Gasteiger partial charge on any atom is 0.112 e. The number of rotatable bonds is 6. The van der Waals surface area contributed by atoms with Crippen molar-refractivity contribution in [2.45, 2.75) is 57.5 Å². The fourth-order valence-corrected chi connectivity index (χ4v) is 2.84. The summed E-state index contributed by atoms with van der Waals surface area (Å²) in [5.41, 5.74) is 0. The third-order valence-electron chi connectivity index (χ3n) is 4.21. The largest absolute Gasteiger partial charge is 0.335 e. The molecule has 1 aromatic rings. The summed E-state index contributed by atoms with van der Waals surface area (Å²) >= 11 is 0. The van der Waals surface area contributed by atoms with E-state index in [-0.39, 0.29) is 0 Å². The molecule has 0 saturated heterocycles. The molecule has 2 saturated carbocycles. The molecule has 3 heteroatoms. The van der Waals surface area contributed by atoms with Gasteiger partial charge in [-0.1, -0.05) is 6.92 Å². The van der Waals surface area contributed by atoms with Gasteiger partial charge in [-0.15, -0.1) is 0 Å². The number of hydrogen-bond acceptors (Lipinski definition) is 2. The zero-order chi connectivity index (χ0) is 11.7. The quantitative estimate of drug-likeness (QED) is 0.818. The summed E-state index contributed by atoms with van der Waals surface area (Å²) in [7, 11) is 0. The monoisotopic (exact) mass is 233 g/mol. The lowest BCUT2D eigenvalue weighted by Crippen LogP contribution is -2.36. The Morgan fingerprint density at radius 1 is 1.35 bits per heavy atom. The second-order valence-corrected chi connectivity index (χ2v) is 5.61. The van der Waals surface area contributed by atoms with Gasteiger partial charge in [0, 0.05) is 30.9 Å². The van der Waals surface area contributed by atoms with Crippen LogP contribution < -0.4 is 5.32 Å². The minimum absolute atomic E-state index is 0.711. The molecule has 1 N–H and O–H groups in total. The van der Waals surface area contributed by atoms with Crippen molar-refractivity contribution in [2.75, 3.05) is 6.54 Å². The maximum absolute atomic E-state index is 4.58. The van der Waals surface area contributed by atoms with Gasteiger partial charge in [0.05, 0.1) is 0 Å². The molecule has 17 heavy (non-hydrogen) atoms. The molecule has 2 aliphatic carbocycles. The molecule has 3 nitrogen and oxygen atoms in total. The highest BCUT2D eigenvalue weighted by Crippen LogP contribution is 2.41. The molecule has 2 atom stereocenters. The molecule has 1 heterocycles. The Morgan fingerprint density at radius 2 is 2.24 bits per heavy atom. The summed E-state index contributed by atoms with van der Waals surface area (Å²) in [6.07, 6.45) is 10.8. The van der Waals surface area contributed by atoms with Crippen LogP contribution in [0, 0.1) is 5.92 Å². The van der Waals surface area contributed by atoms with E-state index < -0.39 is 0 Å². The maximum atomic E-state index is 4.58. The zero-order valence-corrected chi connectivity index (χ0v) is 10.7. The lowest BCUT2D eigenvalue weighted by Gasteiger charge is -2.36. The average molecular weight is 233 g/mol. The zero-order valence-electron chi connectivity index (χ0n) is 10.7. The predicted octanol–water partition coefficient (Wildman–Crippen LogP) is 2.54. The van der Waals surface area contributed by atoms with Crippen molar-refractivity contribution < 1.29 is 0 Å². The van der Waals surface area contributed by atoms with Gasteiger partial charge < -0.3 is 9.88 Å². The van der Waals surface area contributed by atoms with Gasteiger partial charge >= 0.3 is 0 Å².